The minimum atomic E-state index is -1.26. The van der Waals surface area contributed by atoms with Crippen LogP contribution in [0.1, 0.15) is 19.7 Å². The smallest absolute Gasteiger partial charge is 0.192 e. The lowest BCUT2D eigenvalue weighted by molar-refractivity contribution is 0.0833. The van der Waals surface area contributed by atoms with Gasteiger partial charge >= 0.3 is 0 Å². The van der Waals surface area contributed by atoms with E-state index in [0.29, 0.717) is 29.5 Å². The molecule has 0 aliphatic rings. The molecule has 4 aromatic rings. The van der Waals surface area contributed by atoms with Gasteiger partial charge in [-0.1, -0.05) is 18.2 Å². The van der Waals surface area contributed by atoms with Gasteiger partial charge in [-0.15, -0.1) is 10.2 Å². The second-order valence-electron chi connectivity index (χ2n) is 7.21. The molecule has 0 radical (unpaired) electrons. The molecule has 0 aliphatic heterocycles. The minimum absolute atomic E-state index is 0.324. The van der Waals surface area contributed by atoms with Crippen molar-refractivity contribution in [1.29, 1.82) is 0 Å². The van der Waals surface area contributed by atoms with Crippen molar-refractivity contribution in [2.24, 2.45) is 14.1 Å². The van der Waals surface area contributed by atoms with E-state index >= 15 is 0 Å². The number of para-hydroxylation sites is 1. The van der Waals surface area contributed by atoms with Crippen molar-refractivity contribution in [1.82, 2.24) is 24.5 Å². The highest BCUT2D eigenvalue weighted by Crippen LogP contribution is 2.33. The molecule has 0 unspecified atom stereocenters. The third-order valence-corrected chi connectivity index (χ3v) is 4.70. The fraction of sp³-hybridized carbons (Fsp3) is 0.250. The minimum Gasteiger partial charge on any atom is -0.474 e. The van der Waals surface area contributed by atoms with Crippen molar-refractivity contribution in [3.8, 4) is 17.3 Å². The van der Waals surface area contributed by atoms with Gasteiger partial charge in [-0.3, -0.25) is 4.68 Å². The highest BCUT2D eigenvalue weighted by atomic mass is 19.1. The molecule has 0 spiro atoms. The number of hydrogen-bond donors (Lipinski definition) is 0. The molecular formula is C20H18F3N5O. The maximum atomic E-state index is 14.0. The summed E-state index contributed by atoms with van der Waals surface area (Å²) in [6.07, 6.45) is 0. The maximum Gasteiger partial charge on any atom is 0.192 e. The molecule has 4 rings (SSSR count). The summed E-state index contributed by atoms with van der Waals surface area (Å²) in [5.74, 6) is -3.15. The Balaban J connectivity index is 1.76. The van der Waals surface area contributed by atoms with Gasteiger partial charge in [0, 0.05) is 31.6 Å². The third kappa shape index (κ3) is 3.12. The van der Waals surface area contributed by atoms with Crippen LogP contribution in [0.5, 0.6) is 5.75 Å². The van der Waals surface area contributed by atoms with Gasteiger partial charge in [-0.05, 0) is 19.9 Å². The van der Waals surface area contributed by atoms with E-state index in [4.69, 9.17) is 4.74 Å². The van der Waals surface area contributed by atoms with Crippen LogP contribution >= 0.6 is 0 Å². The normalized spacial score (nSPS) is 12.0. The van der Waals surface area contributed by atoms with Crippen molar-refractivity contribution >= 4 is 10.9 Å². The molecule has 29 heavy (non-hydrogen) atoms. The number of fused-ring (bicyclic) bond motifs is 1. The standard InChI is InChI=1S/C20H18F3N5O/c1-20(2,29-17-13(22)9-11(21)10-14(17)23)19-25-24-18(27(19)3)16-12-7-5-6-8-15(12)28(4)26-16/h5-10H,1-4H3. The SMILES string of the molecule is Cn1c(-c2nn(C)c3ccccc23)nnc1C(C)(C)Oc1c(F)cc(F)cc1F. The number of nitrogens with zero attached hydrogens (tertiary/aromatic N) is 5. The van der Waals surface area contributed by atoms with Gasteiger partial charge in [0.25, 0.3) is 0 Å². The molecule has 0 fully saturated rings. The summed E-state index contributed by atoms with van der Waals surface area (Å²) in [7, 11) is 3.55. The first-order valence-electron chi connectivity index (χ1n) is 8.84. The Morgan fingerprint density at radius 3 is 2.31 bits per heavy atom. The number of aromatic nitrogens is 5. The first-order chi connectivity index (χ1) is 13.7. The van der Waals surface area contributed by atoms with Crippen LogP contribution < -0.4 is 4.74 Å². The van der Waals surface area contributed by atoms with Gasteiger partial charge in [0.05, 0.1) is 5.52 Å². The van der Waals surface area contributed by atoms with Crippen molar-refractivity contribution in [3.63, 3.8) is 0 Å². The van der Waals surface area contributed by atoms with Gasteiger partial charge in [0.2, 0.25) is 0 Å². The van der Waals surface area contributed by atoms with E-state index in [9.17, 15) is 13.2 Å². The number of benzene rings is 2. The Hall–Kier alpha value is -3.36. The van der Waals surface area contributed by atoms with Crippen LogP contribution in [-0.4, -0.2) is 24.5 Å². The Labute approximate surface area is 164 Å². The molecule has 0 bridgehead atoms. The summed E-state index contributed by atoms with van der Waals surface area (Å²) >= 11 is 0. The zero-order valence-electron chi connectivity index (χ0n) is 16.2. The third-order valence-electron chi connectivity index (χ3n) is 4.70. The second kappa shape index (κ2) is 6.61. The summed E-state index contributed by atoms with van der Waals surface area (Å²) < 4.78 is 50.2. The van der Waals surface area contributed by atoms with E-state index in [0.717, 1.165) is 10.9 Å². The van der Waals surface area contributed by atoms with E-state index in [-0.39, 0.29) is 0 Å². The predicted molar refractivity (Wildman–Crippen MR) is 101 cm³/mol. The Kier molecular flexibility index (Phi) is 4.33. The molecule has 2 aromatic heterocycles. The van der Waals surface area contributed by atoms with Crippen LogP contribution in [0.3, 0.4) is 0 Å². The summed E-state index contributed by atoms with van der Waals surface area (Å²) in [5.41, 5.74) is 0.293. The molecule has 0 amide bonds. The average Bonchev–Trinajstić information content (AvgIpc) is 3.19. The maximum absolute atomic E-state index is 14.0. The summed E-state index contributed by atoms with van der Waals surface area (Å²) in [4.78, 5) is 0. The molecule has 0 saturated carbocycles. The number of aryl methyl sites for hydroxylation is 1. The molecule has 0 saturated heterocycles. The fourth-order valence-electron chi connectivity index (χ4n) is 3.37. The topological polar surface area (TPSA) is 57.8 Å². The van der Waals surface area contributed by atoms with Gasteiger partial charge in [-0.2, -0.15) is 5.10 Å². The van der Waals surface area contributed by atoms with E-state index in [1.165, 1.54) is 0 Å². The molecule has 0 atom stereocenters. The molecular weight excluding hydrogens is 383 g/mol. The first-order valence-corrected chi connectivity index (χ1v) is 8.84. The molecule has 150 valence electrons. The number of rotatable bonds is 4. The van der Waals surface area contributed by atoms with Crippen LogP contribution in [0.25, 0.3) is 22.4 Å². The Morgan fingerprint density at radius 2 is 1.62 bits per heavy atom. The van der Waals surface area contributed by atoms with Crippen LogP contribution in [0.15, 0.2) is 36.4 Å². The summed E-state index contributed by atoms with van der Waals surface area (Å²) in [6, 6.07) is 8.82. The van der Waals surface area contributed by atoms with Crippen LogP contribution in [0.2, 0.25) is 0 Å². The van der Waals surface area contributed by atoms with Gasteiger partial charge in [0.1, 0.15) is 11.5 Å². The average molecular weight is 401 g/mol. The van der Waals surface area contributed by atoms with Gasteiger partial charge < -0.3 is 9.30 Å². The van der Waals surface area contributed by atoms with Crippen LogP contribution in [0, 0.1) is 17.5 Å². The molecule has 0 aliphatic carbocycles. The molecule has 0 N–H and O–H groups in total. The van der Waals surface area contributed by atoms with Gasteiger partial charge in [0.15, 0.2) is 34.6 Å². The Bertz CT molecular complexity index is 1210. The molecule has 6 nitrogen and oxygen atoms in total. The lowest BCUT2D eigenvalue weighted by atomic mass is 10.1. The summed E-state index contributed by atoms with van der Waals surface area (Å²) in [6.45, 7) is 3.19. The zero-order valence-corrected chi connectivity index (χ0v) is 16.2. The highest BCUT2D eigenvalue weighted by molar-refractivity contribution is 5.91. The number of ether oxygens (including phenoxy) is 1. The van der Waals surface area contributed by atoms with E-state index in [1.54, 1.807) is 30.1 Å². The van der Waals surface area contributed by atoms with E-state index < -0.39 is 28.8 Å². The van der Waals surface area contributed by atoms with Crippen LogP contribution in [0.4, 0.5) is 13.2 Å². The zero-order chi connectivity index (χ0) is 20.9. The number of halogens is 3. The van der Waals surface area contributed by atoms with Crippen molar-refractivity contribution in [2.45, 2.75) is 19.4 Å². The largest absolute Gasteiger partial charge is 0.474 e. The quantitative estimate of drug-likeness (QED) is 0.517. The van der Waals surface area contributed by atoms with Gasteiger partial charge in [-0.25, -0.2) is 13.2 Å². The van der Waals surface area contributed by atoms with Crippen molar-refractivity contribution in [2.75, 3.05) is 0 Å². The number of hydrogen-bond acceptors (Lipinski definition) is 4. The molecule has 2 heterocycles. The summed E-state index contributed by atoms with van der Waals surface area (Å²) in [5, 5.41) is 13.8. The Morgan fingerprint density at radius 1 is 0.966 bits per heavy atom. The van der Waals surface area contributed by atoms with E-state index in [2.05, 4.69) is 15.3 Å². The second-order valence-corrected chi connectivity index (χ2v) is 7.21. The lowest BCUT2D eigenvalue weighted by Gasteiger charge is -2.25. The van der Waals surface area contributed by atoms with E-state index in [1.807, 2.05) is 31.3 Å². The van der Waals surface area contributed by atoms with Crippen molar-refractivity contribution < 1.29 is 17.9 Å². The van der Waals surface area contributed by atoms with Crippen molar-refractivity contribution in [3.05, 3.63) is 59.7 Å². The van der Waals surface area contributed by atoms with Crippen LogP contribution in [-0.2, 0) is 19.7 Å². The predicted octanol–water partition coefficient (Wildman–Crippen LogP) is 4.10. The molecule has 2 aromatic carbocycles. The first kappa shape index (κ1) is 19.0. The monoisotopic (exact) mass is 401 g/mol. The molecule has 9 heteroatoms. The lowest BCUT2D eigenvalue weighted by Crippen LogP contribution is -2.30. The highest BCUT2D eigenvalue weighted by Gasteiger charge is 2.33. The fourth-order valence-corrected chi connectivity index (χ4v) is 3.37.